The van der Waals surface area contributed by atoms with Crippen LogP contribution in [-0.2, 0) is 16.0 Å². The van der Waals surface area contributed by atoms with Crippen LogP contribution in [0.15, 0.2) is 29.6 Å². The summed E-state index contributed by atoms with van der Waals surface area (Å²) in [6.45, 7) is 4.34. The van der Waals surface area contributed by atoms with E-state index < -0.39 is 0 Å². The Bertz CT molecular complexity index is 979. The fourth-order valence-corrected chi connectivity index (χ4v) is 4.08. The van der Waals surface area contributed by atoms with Crippen molar-refractivity contribution in [1.82, 2.24) is 9.97 Å². The number of anilines is 1. The van der Waals surface area contributed by atoms with Crippen LogP contribution in [0.2, 0.25) is 0 Å². The first-order valence-electron chi connectivity index (χ1n) is 8.53. The average molecular weight is 418 g/mol. The molecule has 7 nitrogen and oxygen atoms in total. The summed E-state index contributed by atoms with van der Waals surface area (Å²) in [7, 11) is 1.33. The first-order chi connectivity index (χ1) is 13.5. The van der Waals surface area contributed by atoms with Gasteiger partial charge in [0.1, 0.15) is 15.6 Å². The molecule has 1 N–H and O–H groups in total. The van der Waals surface area contributed by atoms with Gasteiger partial charge in [-0.2, -0.15) is 0 Å². The van der Waals surface area contributed by atoms with Gasteiger partial charge in [0.2, 0.25) is 0 Å². The van der Waals surface area contributed by atoms with Crippen LogP contribution in [0.1, 0.15) is 28.0 Å². The third-order valence-corrected chi connectivity index (χ3v) is 5.75. The molecule has 28 heavy (non-hydrogen) atoms. The molecule has 0 aliphatic rings. The van der Waals surface area contributed by atoms with Crippen molar-refractivity contribution >= 4 is 39.7 Å². The zero-order chi connectivity index (χ0) is 20.1. The number of carbonyl (C=O) groups is 2. The highest BCUT2D eigenvalue weighted by Crippen LogP contribution is 2.30. The minimum atomic E-state index is -0.374. The molecule has 0 aliphatic heterocycles. The normalized spacial score (nSPS) is 10.5. The highest BCUT2D eigenvalue weighted by Gasteiger charge is 2.18. The largest absolute Gasteiger partial charge is 0.494 e. The van der Waals surface area contributed by atoms with Crippen LogP contribution in [-0.4, -0.2) is 35.6 Å². The summed E-state index contributed by atoms with van der Waals surface area (Å²) in [5.41, 5.74) is 2.13. The lowest BCUT2D eigenvalue weighted by molar-refractivity contribution is -0.139. The van der Waals surface area contributed by atoms with E-state index in [1.807, 2.05) is 31.2 Å². The molecule has 0 saturated heterocycles. The fraction of sp³-hybridized carbons (Fsp3) is 0.263. The van der Waals surface area contributed by atoms with Crippen LogP contribution >= 0.6 is 22.7 Å². The first kappa shape index (κ1) is 20.0. The molecule has 2 aromatic heterocycles. The number of aryl methyl sites for hydroxylation is 1. The molecule has 0 aliphatic carbocycles. The summed E-state index contributed by atoms with van der Waals surface area (Å²) in [5, 5.41) is 5.68. The van der Waals surface area contributed by atoms with Gasteiger partial charge in [0.15, 0.2) is 5.13 Å². The highest BCUT2D eigenvalue weighted by atomic mass is 32.1. The van der Waals surface area contributed by atoms with Gasteiger partial charge >= 0.3 is 5.97 Å². The standard InChI is InChI=1S/C19H19N3O4S2/c1-4-26-14-7-5-12(6-8-14)18-20-11(2)16(28-18)17(24)22-19-21-13(10-27-19)9-15(23)25-3/h5-8,10H,4,9H2,1-3H3,(H,21,22,24). The lowest BCUT2D eigenvalue weighted by Crippen LogP contribution is -2.11. The predicted molar refractivity (Wildman–Crippen MR) is 109 cm³/mol. The van der Waals surface area contributed by atoms with Crippen LogP contribution in [0.3, 0.4) is 0 Å². The van der Waals surface area contributed by atoms with Gasteiger partial charge in [0.05, 0.1) is 31.5 Å². The Hall–Kier alpha value is -2.78. The first-order valence-corrected chi connectivity index (χ1v) is 10.2. The van der Waals surface area contributed by atoms with E-state index in [0.717, 1.165) is 16.3 Å². The van der Waals surface area contributed by atoms with Gasteiger partial charge < -0.3 is 9.47 Å². The van der Waals surface area contributed by atoms with Gasteiger partial charge in [0, 0.05) is 10.9 Å². The summed E-state index contributed by atoms with van der Waals surface area (Å²) in [6.07, 6.45) is 0.0738. The van der Waals surface area contributed by atoms with E-state index in [1.54, 1.807) is 12.3 Å². The monoisotopic (exact) mass is 417 g/mol. The second-order valence-electron chi connectivity index (χ2n) is 5.74. The number of rotatable bonds is 7. The second-order valence-corrected chi connectivity index (χ2v) is 7.60. The molecule has 146 valence electrons. The molecule has 2 heterocycles. The van der Waals surface area contributed by atoms with E-state index in [1.165, 1.54) is 29.8 Å². The van der Waals surface area contributed by atoms with Crippen LogP contribution in [0.5, 0.6) is 5.75 Å². The number of benzene rings is 1. The minimum absolute atomic E-state index is 0.0738. The lowest BCUT2D eigenvalue weighted by atomic mass is 10.2. The Morgan fingerprint density at radius 1 is 1.18 bits per heavy atom. The summed E-state index contributed by atoms with van der Waals surface area (Å²) in [6, 6.07) is 7.61. The highest BCUT2D eigenvalue weighted by molar-refractivity contribution is 7.17. The number of nitrogens with zero attached hydrogens (tertiary/aromatic N) is 2. The summed E-state index contributed by atoms with van der Waals surface area (Å²) in [4.78, 5) is 33.2. The van der Waals surface area contributed by atoms with Gasteiger partial charge in [-0.3, -0.25) is 14.9 Å². The third kappa shape index (κ3) is 4.73. The molecule has 0 bridgehead atoms. The van der Waals surface area contributed by atoms with Crippen molar-refractivity contribution in [2.45, 2.75) is 20.3 Å². The topological polar surface area (TPSA) is 90.4 Å². The second kappa shape index (κ2) is 8.94. The number of methoxy groups -OCH3 is 1. The number of hydrogen-bond donors (Lipinski definition) is 1. The van der Waals surface area contributed by atoms with E-state index in [4.69, 9.17) is 4.74 Å². The molecule has 0 spiro atoms. The van der Waals surface area contributed by atoms with Crippen molar-refractivity contribution in [3.63, 3.8) is 0 Å². The molecule has 1 amide bonds. The van der Waals surface area contributed by atoms with E-state index >= 15 is 0 Å². The zero-order valence-corrected chi connectivity index (χ0v) is 17.3. The van der Waals surface area contributed by atoms with E-state index in [2.05, 4.69) is 20.0 Å². The van der Waals surface area contributed by atoms with Gasteiger partial charge in [-0.05, 0) is 38.1 Å². The molecule has 0 saturated carbocycles. The molecular weight excluding hydrogens is 398 g/mol. The quantitative estimate of drug-likeness (QED) is 0.586. The number of thiazole rings is 2. The van der Waals surface area contributed by atoms with E-state index in [-0.39, 0.29) is 18.3 Å². The molecule has 0 unspecified atom stereocenters. The molecule has 1 aromatic carbocycles. The van der Waals surface area contributed by atoms with Crippen LogP contribution < -0.4 is 10.1 Å². The third-order valence-electron chi connectivity index (χ3n) is 3.74. The van der Waals surface area contributed by atoms with Crippen LogP contribution in [0, 0.1) is 6.92 Å². The number of esters is 1. The van der Waals surface area contributed by atoms with Gasteiger partial charge in [-0.25, -0.2) is 9.97 Å². The molecule has 0 atom stereocenters. The number of carbonyl (C=O) groups excluding carboxylic acids is 2. The molecule has 3 aromatic rings. The van der Waals surface area contributed by atoms with Crippen molar-refractivity contribution in [1.29, 1.82) is 0 Å². The zero-order valence-electron chi connectivity index (χ0n) is 15.6. The van der Waals surface area contributed by atoms with Crippen molar-refractivity contribution in [2.75, 3.05) is 19.0 Å². The van der Waals surface area contributed by atoms with Crippen molar-refractivity contribution < 1.29 is 19.1 Å². The van der Waals surface area contributed by atoms with Gasteiger partial charge in [0.25, 0.3) is 5.91 Å². The van der Waals surface area contributed by atoms with Crippen LogP contribution in [0.25, 0.3) is 10.6 Å². The Morgan fingerprint density at radius 2 is 1.93 bits per heavy atom. The Kier molecular flexibility index (Phi) is 6.37. The Balaban J connectivity index is 1.72. The number of aromatic nitrogens is 2. The maximum atomic E-state index is 12.6. The predicted octanol–water partition coefficient (Wildman–Crippen LogP) is 3.94. The fourth-order valence-electron chi connectivity index (χ4n) is 2.41. The van der Waals surface area contributed by atoms with E-state index in [0.29, 0.717) is 28.0 Å². The summed E-state index contributed by atoms with van der Waals surface area (Å²) in [5.74, 6) is 0.150. The van der Waals surface area contributed by atoms with Crippen molar-refractivity contribution in [2.24, 2.45) is 0 Å². The number of amides is 1. The molecule has 0 radical (unpaired) electrons. The SMILES string of the molecule is CCOc1ccc(-c2nc(C)c(C(=O)Nc3nc(CC(=O)OC)cs3)s2)cc1. The Morgan fingerprint density at radius 3 is 2.61 bits per heavy atom. The maximum absolute atomic E-state index is 12.6. The Labute approximate surface area is 170 Å². The number of ether oxygens (including phenoxy) is 2. The summed E-state index contributed by atoms with van der Waals surface area (Å²) >= 11 is 2.58. The van der Waals surface area contributed by atoms with Crippen LogP contribution in [0.4, 0.5) is 5.13 Å². The number of nitrogens with one attached hydrogen (secondary N) is 1. The lowest BCUT2D eigenvalue weighted by Gasteiger charge is -2.02. The number of hydrogen-bond acceptors (Lipinski definition) is 8. The molecule has 3 rings (SSSR count). The summed E-state index contributed by atoms with van der Waals surface area (Å²) < 4.78 is 10.1. The minimum Gasteiger partial charge on any atom is -0.494 e. The van der Waals surface area contributed by atoms with Crippen molar-refractivity contribution in [3.8, 4) is 16.3 Å². The van der Waals surface area contributed by atoms with Gasteiger partial charge in [-0.1, -0.05) is 0 Å². The molecular formula is C19H19N3O4S2. The molecule has 0 fully saturated rings. The van der Waals surface area contributed by atoms with Crippen molar-refractivity contribution in [3.05, 3.63) is 45.9 Å². The molecule has 9 heteroatoms. The van der Waals surface area contributed by atoms with Gasteiger partial charge in [-0.15, -0.1) is 22.7 Å². The van der Waals surface area contributed by atoms with E-state index in [9.17, 15) is 9.59 Å². The smallest absolute Gasteiger partial charge is 0.311 e. The maximum Gasteiger partial charge on any atom is 0.311 e. The average Bonchev–Trinajstić information content (AvgIpc) is 3.29.